The van der Waals surface area contributed by atoms with E-state index in [0.29, 0.717) is 51.5 Å². The summed E-state index contributed by atoms with van der Waals surface area (Å²) < 4.78 is 6.02. The Morgan fingerprint density at radius 1 is 1.00 bits per heavy atom. The molecule has 1 aromatic heterocycles. The van der Waals surface area contributed by atoms with Gasteiger partial charge in [0.2, 0.25) is 0 Å². The second-order valence-electron chi connectivity index (χ2n) is 6.09. The van der Waals surface area contributed by atoms with E-state index in [9.17, 15) is 5.11 Å². The summed E-state index contributed by atoms with van der Waals surface area (Å²) >= 11 is 12.9. The van der Waals surface area contributed by atoms with Crippen molar-refractivity contribution in [3.05, 3.63) is 87.5 Å². The monoisotopic (exact) mass is 398 g/mol. The smallest absolute Gasteiger partial charge is 0.147 e. The van der Waals surface area contributed by atoms with Gasteiger partial charge in [-0.25, -0.2) is 4.98 Å². The lowest BCUT2D eigenvalue weighted by Crippen LogP contribution is -2.15. The van der Waals surface area contributed by atoms with Gasteiger partial charge in [0.25, 0.3) is 0 Å². The number of nitrogens with zero attached hydrogens (tertiary/aromatic N) is 1. The van der Waals surface area contributed by atoms with Crippen LogP contribution in [0.25, 0.3) is 11.3 Å². The molecular weight excluding hydrogens is 383 g/mol. The third kappa shape index (κ3) is 3.46. The molecule has 1 aliphatic rings. The minimum absolute atomic E-state index is 0.116. The number of benzene rings is 2. The van der Waals surface area contributed by atoms with Gasteiger partial charge in [-0.3, -0.25) is 0 Å². The number of ether oxygens (including phenoxy) is 1. The van der Waals surface area contributed by atoms with E-state index in [1.807, 2.05) is 30.3 Å². The minimum atomic E-state index is 0.116. The van der Waals surface area contributed by atoms with Crippen LogP contribution in [-0.4, -0.2) is 16.6 Å². The van der Waals surface area contributed by atoms with Crippen LogP contribution < -0.4 is 10.1 Å². The first-order valence-corrected chi connectivity index (χ1v) is 9.17. The Labute approximate surface area is 167 Å². The summed E-state index contributed by atoms with van der Waals surface area (Å²) in [5.41, 5.74) is 2.82. The highest BCUT2D eigenvalue weighted by atomic mass is 35.5. The van der Waals surface area contributed by atoms with Gasteiger partial charge < -0.3 is 15.2 Å². The maximum absolute atomic E-state index is 10.8. The van der Waals surface area contributed by atoms with Crippen LogP contribution in [0.2, 0.25) is 10.0 Å². The Bertz CT molecular complexity index is 1020. The molecule has 0 saturated heterocycles. The van der Waals surface area contributed by atoms with Crippen LogP contribution in [0.5, 0.6) is 5.75 Å². The fourth-order valence-electron chi connectivity index (χ4n) is 3.05. The number of nitrogens with one attached hydrogen (secondary N) is 1. The van der Waals surface area contributed by atoms with Gasteiger partial charge in [0.15, 0.2) is 0 Å². The Morgan fingerprint density at radius 2 is 1.78 bits per heavy atom. The molecule has 2 N–H and O–H groups in total. The van der Waals surface area contributed by atoms with Crippen molar-refractivity contribution >= 4 is 40.4 Å². The van der Waals surface area contributed by atoms with Gasteiger partial charge in [0.05, 0.1) is 15.6 Å². The van der Waals surface area contributed by atoms with Gasteiger partial charge >= 0.3 is 0 Å². The molecular formula is C21H16Cl2N2O2. The van der Waals surface area contributed by atoms with Gasteiger partial charge in [0.1, 0.15) is 23.9 Å². The van der Waals surface area contributed by atoms with Crippen molar-refractivity contribution in [1.82, 2.24) is 4.98 Å². The SMILES string of the molecule is OC1=C(c2c(Cl)ccc(Cl)c2OCc2ccccc2)CNc2ncccc21. The van der Waals surface area contributed by atoms with Crippen LogP contribution in [0.15, 0.2) is 60.8 Å². The van der Waals surface area contributed by atoms with Crippen LogP contribution in [-0.2, 0) is 6.61 Å². The number of anilines is 1. The molecule has 3 aromatic rings. The Hall–Kier alpha value is -2.69. The molecule has 1 aliphatic heterocycles. The molecule has 6 heteroatoms. The average molecular weight is 399 g/mol. The summed E-state index contributed by atoms with van der Waals surface area (Å²) in [6.07, 6.45) is 1.67. The molecule has 4 rings (SSSR count). The van der Waals surface area contributed by atoms with Crippen LogP contribution in [0.1, 0.15) is 16.7 Å². The number of hydrogen-bond donors (Lipinski definition) is 2. The Morgan fingerprint density at radius 3 is 2.59 bits per heavy atom. The predicted octanol–water partition coefficient (Wildman–Crippen LogP) is 5.82. The number of rotatable bonds is 4. The van der Waals surface area contributed by atoms with E-state index >= 15 is 0 Å². The number of pyridine rings is 1. The lowest BCUT2D eigenvalue weighted by Gasteiger charge is -2.23. The van der Waals surface area contributed by atoms with Crippen molar-refractivity contribution in [1.29, 1.82) is 0 Å². The summed E-state index contributed by atoms with van der Waals surface area (Å²) in [4.78, 5) is 4.24. The molecule has 0 radical (unpaired) electrons. The van der Waals surface area contributed by atoms with Crippen molar-refractivity contribution in [3.8, 4) is 5.75 Å². The molecule has 2 heterocycles. The highest BCUT2D eigenvalue weighted by Gasteiger charge is 2.25. The summed E-state index contributed by atoms with van der Waals surface area (Å²) in [5, 5.41) is 14.9. The van der Waals surface area contributed by atoms with Crippen LogP contribution in [0.4, 0.5) is 5.82 Å². The zero-order chi connectivity index (χ0) is 18.8. The Kier molecular flexibility index (Phi) is 4.92. The number of hydrogen-bond acceptors (Lipinski definition) is 4. The number of aliphatic hydroxyl groups is 1. The molecule has 27 heavy (non-hydrogen) atoms. The van der Waals surface area contributed by atoms with E-state index in [1.165, 1.54) is 0 Å². The lowest BCUT2D eigenvalue weighted by atomic mass is 9.97. The summed E-state index contributed by atoms with van der Waals surface area (Å²) in [6.45, 7) is 0.700. The van der Waals surface area contributed by atoms with Crippen molar-refractivity contribution in [2.45, 2.75) is 6.61 Å². The largest absolute Gasteiger partial charge is 0.507 e. The standard InChI is InChI=1S/C21H16Cl2N2O2/c22-16-8-9-17(23)20(27-12-13-5-2-1-3-6-13)18(16)15-11-25-21-14(19(15)26)7-4-10-24-21/h1-10,26H,11-12H2,(H,24,25). The predicted molar refractivity (Wildman–Crippen MR) is 109 cm³/mol. The number of fused-ring (bicyclic) bond motifs is 1. The van der Waals surface area contributed by atoms with Crippen molar-refractivity contribution in [2.24, 2.45) is 0 Å². The molecule has 0 bridgehead atoms. The van der Waals surface area contributed by atoms with Crippen molar-refractivity contribution < 1.29 is 9.84 Å². The molecule has 4 nitrogen and oxygen atoms in total. The second kappa shape index (κ2) is 7.51. The molecule has 0 aliphatic carbocycles. The highest BCUT2D eigenvalue weighted by molar-refractivity contribution is 6.36. The van der Waals surface area contributed by atoms with Crippen molar-refractivity contribution in [3.63, 3.8) is 0 Å². The van der Waals surface area contributed by atoms with Gasteiger partial charge in [-0.15, -0.1) is 0 Å². The van der Waals surface area contributed by atoms with Crippen LogP contribution in [0, 0.1) is 0 Å². The maximum atomic E-state index is 10.8. The van der Waals surface area contributed by atoms with Gasteiger partial charge in [-0.1, -0.05) is 53.5 Å². The number of aromatic nitrogens is 1. The third-order valence-corrected chi connectivity index (χ3v) is 4.98. The molecule has 0 spiro atoms. The molecule has 0 unspecified atom stereocenters. The highest BCUT2D eigenvalue weighted by Crippen LogP contribution is 2.43. The first-order valence-electron chi connectivity index (χ1n) is 8.41. The van der Waals surface area contributed by atoms with E-state index in [-0.39, 0.29) is 5.76 Å². The quantitative estimate of drug-likeness (QED) is 0.581. The second-order valence-corrected chi connectivity index (χ2v) is 6.90. The first kappa shape index (κ1) is 17.7. The first-order chi connectivity index (χ1) is 13.1. The van der Waals surface area contributed by atoms with E-state index < -0.39 is 0 Å². The fourth-order valence-corrected chi connectivity index (χ4v) is 3.52. The molecule has 0 amide bonds. The summed E-state index contributed by atoms with van der Waals surface area (Å²) in [7, 11) is 0. The summed E-state index contributed by atoms with van der Waals surface area (Å²) in [6, 6.07) is 16.7. The number of aliphatic hydroxyl groups excluding tert-OH is 1. The maximum Gasteiger partial charge on any atom is 0.147 e. The zero-order valence-electron chi connectivity index (χ0n) is 14.2. The Balaban J connectivity index is 1.78. The third-order valence-electron chi connectivity index (χ3n) is 4.37. The molecule has 0 atom stereocenters. The van der Waals surface area contributed by atoms with Gasteiger partial charge in [-0.2, -0.15) is 0 Å². The zero-order valence-corrected chi connectivity index (χ0v) is 15.8. The molecule has 2 aromatic carbocycles. The minimum Gasteiger partial charge on any atom is -0.507 e. The fraction of sp³-hybridized carbons (Fsp3) is 0.0952. The molecule has 0 saturated carbocycles. The van der Waals surface area contributed by atoms with Crippen LogP contribution >= 0.6 is 23.2 Å². The lowest BCUT2D eigenvalue weighted by molar-refractivity contribution is 0.305. The van der Waals surface area contributed by atoms with E-state index in [0.717, 1.165) is 5.56 Å². The molecule has 0 fully saturated rings. The van der Waals surface area contributed by atoms with Crippen LogP contribution in [0.3, 0.4) is 0 Å². The average Bonchev–Trinajstić information content (AvgIpc) is 2.70. The van der Waals surface area contributed by atoms with E-state index in [2.05, 4.69) is 10.3 Å². The van der Waals surface area contributed by atoms with Gasteiger partial charge in [0, 0.05) is 23.9 Å². The summed E-state index contributed by atoms with van der Waals surface area (Å²) in [5.74, 6) is 1.19. The topological polar surface area (TPSA) is 54.4 Å². The van der Waals surface area contributed by atoms with Crippen molar-refractivity contribution in [2.75, 3.05) is 11.9 Å². The number of halogens is 2. The normalized spacial score (nSPS) is 13.1. The van der Waals surface area contributed by atoms with E-state index in [1.54, 1.807) is 30.5 Å². The van der Waals surface area contributed by atoms with E-state index in [4.69, 9.17) is 27.9 Å². The van der Waals surface area contributed by atoms with Gasteiger partial charge in [-0.05, 0) is 29.8 Å². The molecule has 136 valence electrons.